The number of hydrogen-bond donors (Lipinski definition) is 2. The molecule has 40 heavy (non-hydrogen) atoms. The van der Waals surface area contributed by atoms with Crippen LogP contribution in [0, 0.1) is 19.3 Å². The Morgan fingerprint density at radius 2 is 1.60 bits per heavy atom. The fourth-order valence-corrected chi connectivity index (χ4v) is 7.32. The molecule has 4 rings (SSSR count). The first kappa shape index (κ1) is 29.6. The van der Waals surface area contributed by atoms with Crippen molar-refractivity contribution in [3.63, 3.8) is 0 Å². The van der Waals surface area contributed by atoms with Crippen molar-refractivity contribution in [2.24, 2.45) is 5.41 Å². The number of hydrogen-bond acceptors (Lipinski definition) is 7. The number of benzene rings is 2. The lowest BCUT2D eigenvalue weighted by atomic mass is 9.75. The van der Waals surface area contributed by atoms with E-state index in [2.05, 4.69) is 4.98 Å². The fraction of sp³-hybridized carbons (Fsp3) is 0.419. The highest BCUT2D eigenvalue weighted by Gasteiger charge is 2.44. The molecule has 0 bridgehead atoms. The first-order valence-corrected chi connectivity index (χ1v) is 15.1. The van der Waals surface area contributed by atoms with Gasteiger partial charge in [-0.05, 0) is 62.4 Å². The van der Waals surface area contributed by atoms with Crippen molar-refractivity contribution in [3.05, 3.63) is 82.7 Å². The van der Waals surface area contributed by atoms with Gasteiger partial charge in [-0.15, -0.1) is 0 Å². The second-order valence-corrected chi connectivity index (χ2v) is 13.1. The van der Waals surface area contributed by atoms with E-state index >= 15 is 0 Å². The van der Waals surface area contributed by atoms with Crippen molar-refractivity contribution in [2.45, 2.75) is 63.9 Å². The second kappa shape index (κ2) is 12.0. The minimum atomic E-state index is -3.55. The van der Waals surface area contributed by atoms with Gasteiger partial charge in [-0.3, -0.25) is 0 Å². The molecular formula is C31H37NO7S. The van der Waals surface area contributed by atoms with Crippen LogP contribution in [0.1, 0.15) is 71.9 Å². The zero-order chi connectivity index (χ0) is 29.1. The third-order valence-electron chi connectivity index (χ3n) is 7.23. The summed E-state index contributed by atoms with van der Waals surface area (Å²) in [4.78, 5) is 15.4. The summed E-state index contributed by atoms with van der Waals surface area (Å²) in [5.74, 6) is -0.481. The number of rotatable bonds is 10. The highest BCUT2D eigenvalue weighted by atomic mass is 32.2. The predicted molar refractivity (Wildman–Crippen MR) is 152 cm³/mol. The van der Waals surface area contributed by atoms with E-state index in [0.717, 1.165) is 30.4 Å². The summed E-state index contributed by atoms with van der Waals surface area (Å²) in [6.07, 6.45) is 1.61. The van der Waals surface area contributed by atoms with Gasteiger partial charge in [-0.1, -0.05) is 43.7 Å². The van der Waals surface area contributed by atoms with Crippen LogP contribution in [0.25, 0.3) is 0 Å². The minimum absolute atomic E-state index is 0.0314. The lowest BCUT2D eigenvalue weighted by Crippen LogP contribution is -2.38. The van der Waals surface area contributed by atoms with Crippen LogP contribution in [0.2, 0.25) is 0 Å². The van der Waals surface area contributed by atoms with Gasteiger partial charge in [-0.25, -0.2) is 18.2 Å². The Hall–Kier alpha value is -3.43. The molecule has 0 fully saturated rings. The van der Waals surface area contributed by atoms with Gasteiger partial charge < -0.3 is 19.7 Å². The number of aliphatic hydroxyl groups excluding tert-OH is 1. The summed E-state index contributed by atoms with van der Waals surface area (Å²) in [7, 11) is -3.55. The average Bonchev–Trinajstić information content (AvgIpc) is 2.93. The van der Waals surface area contributed by atoms with Gasteiger partial charge in [0.25, 0.3) is 0 Å². The Kier molecular flexibility index (Phi) is 8.85. The van der Waals surface area contributed by atoms with Crippen LogP contribution in [0.4, 0.5) is 0 Å². The van der Waals surface area contributed by atoms with Gasteiger partial charge in [0, 0.05) is 29.2 Å². The van der Waals surface area contributed by atoms with Crippen molar-refractivity contribution in [1.82, 2.24) is 4.98 Å². The summed E-state index contributed by atoms with van der Waals surface area (Å²) in [6.45, 7) is 8.24. The number of nitrogens with zero attached hydrogens (tertiary/aromatic N) is 1. The number of aliphatic hydroxyl groups is 1. The van der Waals surface area contributed by atoms with E-state index in [4.69, 9.17) is 14.6 Å². The zero-order valence-corrected chi connectivity index (χ0v) is 24.2. The van der Waals surface area contributed by atoms with E-state index in [9.17, 15) is 18.3 Å². The molecule has 1 aliphatic heterocycles. The molecular weight excluding hydrogens is 530 g/mol. The molecule has 214 valence electrons. The van der Waals surface area contributed by atoms with E-state index in [1.807, 2.05) is 37.3 Å². The standard InChI is InChI=1S/C31H37NO7S/c1-20-8-13-27-25(16-20)28(29(33)31(3,4)19-40(27,36)37)22-9-11-23(12-10-22)38-14-6-5-7-15-39-24-17-21(2)32-26(18-24)30(34)35/h8-13,16-18,28-29,33H,5-7,14-15,19H2,1-4H3,(H,34,35)/t28-,29-/m1/s1. The van der Waals surface area contributed by atoms with E-state index < -0.39 is 33.2 Å². The highest BCUT2D eigenvalue weighted by Crippen LogP contribution is 2.45. The molecule has 0 aliphatic carbocycles. The number of carboxylic acids is 1. The number of carboxylic acid groups (broad SMARTS) is 1. The van der Waals surface area contributed by atoms with Gasteiger partial charge in [0.05, 0.1) is 30.0 Å². The summed E-state index contributed by atoms with van der Waals surface area (Å²) < 4.78 is 37.9. The molecule has 0 saturated carbocycles. The van der Waals surface area contributed by atoms with Crippen LogP contribution in [-0.2, 0) is 9.84 Å². The zero-order valence-electron chi connectivity index (χ0n) is 23.4. The van der Waals surface area contributed by atoms with Gasteiger partial charge in [0.2, 0.25) is 0 Å². The molecule has 2 N–H and O–H groups in total. The maximum Gasteiger partial charge on any atom is 0.354 e. The summed E-state index contributed by atoms with van der Waals surface area (Å²) in [5, 5.41) is 20.5. The first-order valence-electron chi connectivity index (χ1n) is 13.5. The number of aromatic carboxylic acids is 1. The normalized spacial score (nSPS) is 19.3. The number of ether oxygens (including phenoxy) is 2. The topological polar surface area (TPSA) is 123 Å². The molecule has 8 nitrogen and oxygen atoms in total. The van der Waals surface area contributed by atoms with E-state index in [1.54, 1.807) is 39.0 Å². The smallest absolute Gasteiger partial charge is 0.354 e. The third kappa shape index (κ3) is 6.82. The Labute approximate surface area is 235 Å². The van der Waals surface area contributed by atoms with Crippen molar-refractivity contribution < 1.29 is 32.9 Å². The van der Waals surface area contributed by atoms with Crippen molar-refractivity contribution >= 4 is 15.8 Å². The second-order valence-electron chi connectivity index (χ2n) is 11.2. The molecule has 1 aromatic heterocycles. The third-order valence-corrected chi connectivity index (χ3v) is 9.39. The van der Waals surface area contributed by atoms with Gasteiger partial charge in [0.15, 0.2) is 15.5 Å². The number of pyridine rings is 1. The van der Waals surface area contributed by atoms with E-state index in [1.165, 1.54) is 6.07 Å². The minimum Gasteiger partial charge on any atom is -0.494 e. The number of sulfone groups is 1. The molecule has 0 saturated heterocycles. The number of carbonyl (C=O) groups is 1. The van der Waals surface area contributed by atoms with Crippen molar-refractivity contribution in [2.75, 3.05) is 19.0 Å². The lowest BCUT2D eigenvalue weighted by Gasteiger charge is -2.33. The molecule has 0 amide bonds. The number of unbranched alkanes of at least 4 members (excludes halogenated alkanes) is 2. The molecule has 0 unspecified atom stereocenters. The molecule has 9 heteroatoms. The number of aromatic nitrogens is 1. The van der Waals surface area contributed by atoms with Crippen LogP contribution in [-0.4, -0.2) is 54.7 Å². The molecule has 3 aromatic rings. The average molecular weight is 568 g/mol. The van der Waals surface area contributed by atoms with Gasteiger partial charge >= 0.3 is 5.97 Å². The quantitative estimate of drug-likeness (QED) is 0.315. The summed E-state index contributed by atoms with van der Waals surface area (Å²) in [6, 6.07) is 16.0. The number of aryl methyl sites for hydroxylation is 2. The first-order chi connectivity index (χ1) is 18.9. The Bertz CT molecular complexity index is 1470. The molecule has 2 aromatic carbocycles. The Balaban J connectivity index is 1.34. The van der Waals surface area contributed by atoms with Gasteiger partial charge in [0.1, 0.15) is 11.5 Å². The maximum atomic E-state index is 13.2. The maximum absolute atomic E-state index is 13.2. The van der Waals surface area contributed by atoms with Crippen molar-refractivity contribution in [3.8, 4) is 11.5 Å². The van der Waals surface area contributed by atoms with Crippen LogP contribution in [0.15, 0.2) is 59.5 Å². The molecule has 0 radical (unpaired) electrons. The Morgan fingerprint density at radius 3 is 2.25 bits per heavy atom. The SMILES string of the molecule is Cc1ccc2c(c1)[C@@H](c1ccc(OCCCCCOc3cc(C)nc(C(=O)O)c3)cc1)[C@@H](O)C(C)(C)CS2(=O)=O. The summed E-state index contributed by atoms with van der Waals surface area (Å²) in [5.41, 5.74) is 2.15. The van der Waals surface area contributed by atoms with Crippen LogP contribution < -0.4 is 9.47 Å². The molecule has 0 spiro atoms. The predicted octanol–water partition coefficient (Wildman–Crippen LogP) is 5.33. The number of fused-ring (bicyclic) bond motifs is 1. The van der Waals surface area contributed by atoms with E-state index in [-0.39, 0.29) is 11.4 Å². The van der Waals surface area contributed by atoms with Crippen LogP contribution in [0.3, 0.4) is 0 Å². The lowest BCUT2D eigenvalue weighted by molar-refractivity contribution is 0.0521. The monoisotopic (exact) mass is 567 g/mol. The van der Waals surface area contributed by atoms with Crippen LogP contribution >= 0.6 is 0 Å². The highest BCUT2D eigenvalue weighted by molar-refractivity contribution is 7.91. The molecule has 2 heterocycles. The largest absolute Gasteiger partial charge is 0.494 e. The van der Waals surface area contributed by atoms with Crippen LogP contribution in [0.5, 0.6) is 11.5 Å². The van der Waals surface area contributed by atoms with E-state index in [0.29, 0.717) is 40.9 Å². The van der Waals surface area contributed by atoms with Crippen molar-refractivity contribution in [1.29, 1.82) is 0 Å². The van der Waals surface area contributed by atoms with Gasteiger partial charge in [-0.2, -0.15) is 0 Å². The summed E-state index contributed by atoms with van der Waals surface area (Å²) >= 11 is 0. The fourth-order valence-electron chi connectivity index (χ4n) is 5.19. The molecule has 1 aliphatic rings. The Morgan fingerprint density at radius 1 is 0.950 bits per heavy atom. The molecule has 2 atom stereocenters.